The van der Waals surface area contributed by atoms with E-state index in [1.54, 1.807) is 6.20 Å². The molecule has 0 unspecified atom stereocenters. The Morgan fingerprint density at radius 1 is 1.23 bits per heavy atom. The van der Waals surface area contributed by atoms with Crippen LogP contribution in [0, 0.1) is 11.3 Å². The zero-order chi connectivity index (χ0) is 20.8. The summed E-state index contributed by atoms with van der Waals surface area (Å²) in [5, 5.41) is 9.58. The van der Waals surface area contributed by atoms with Gasteiger partial charge in [-0.3, -0.25) is 10.1 Å². The highest BCUT2D eigenvalue weighted by Crippen LogP contribution is 2.30. The van der Waals surface area contributed by atoms with Crippen LogP contribution < -0.4 is 16.0 Å². The van der Waals surface area contributed by atoms with Crippen LogP contribution in [0.3, 0.4) is 0 Å². The molecular weight excluding hydrogens is 380 g/mol. The van der Waals surface area contributed by atoms with Crippen molar-refractivity contribution >= 4 is 17.7 Å². The molecule has 4 rings (SSSR count). The minimum absolute atomic E-state index is 0.0348. The van der Waals surface area contributed by atoms with E-state index >= 15 is 0 Å². The Hall–Kier alpha value is -2.58. The van der Waals surface area contributed by atoms with Gasteiger partial charge in [0.05, 0.1) is 17.3 Å². The predicted molar refractivity (Wildman–Crippen MR) is 116 cm³/mol. The average Bonchev–Trinajstić information content (AvgIpc) is 2.79. The van der Waals surface area contributed by atoms with Crippen LogP contribution >= 0.6 is 0 Å². The van der Waals surface area contributed by atoms with E-state index in [9.17, 15) is 4.79 Å². The molecule has 1 atom stereocenters. The third-order valence-corrected chi connectivity index (χ3v) is 5.97. The fourth-order valence-electron chi connectivity index (χ4n) is 3.87. The van der Waals surface area contributed by atoms with Crippen molar-refractivity contribution in [1.82, 2.24) is 20.3 Å². The third-order valence-electron chi connectivity index (χ3n) is 5.97. The predicted octanol–water partition coefficient (Wildman–Crippen LogP) is 2.71. The van der Waals surface area contributed by atoms with Gasteiger partial charge < -0.3 is 15.4 Å². The first kappa shape index (κ1) is 20.7. The molecule has 0 radical (unpaired) electrons. The number of amides is 1. The Morgan fingerprint density at radius 2 is 2.07 bits per heavy atom. The number of hydrogen-bond acceptors (Lipinski definition) is 7. The average molecular weight is 411 g/mol. The van der Waals surface area contributed by atoms with Crippen LogP contribution in [0.4, 0.5) is 11.8 Å². The van der Waals surface area contributed by atoms with Crippen LogP contribution in [-0.2, 0) is 9.53 Å². The van der Waals surface area contributed by atoms with Gasteiger partial charge in [0.2, 0.25) is 11.9 Å². The second kappa shape index (κ2) is 9.49. The summed E-state index contributed by atoms with van der Waals surface area (Å²) in [5.41, 5.74) is 1.65. The summed E-state index contributed by atoms with van der Waals surface area (Å²) in [6.07, 6.45) is 5.64. The number of ether oxygens (including phenoxy) is 1. The molecule has 4 heterocycles. The first-order valence-electron chi connectivity index (χ1n) is 10.8. The second-order valence-electron chi connectivity index (χ2n) is 8.48. The lowest BCUT2D eigenvalue weighted by molar-refractivity contribution is -0.120. The smallest absolute Gasteiger partial charge is 0.231 e. The van der Waals surface area contributed by atoms with Crippen molar-refractivity contribution in [3.63, 3.8) is 0 Å². The van der Waals surface area contributed by atoms with E-state index in [1.165, 1.54) is 0 Å². The Bertz CT molecular complexity index is 862. The van der Waals surface area contributed by atoms with Gasteiger partial charge in [-0.15, -0.1) is 0 Å². The lowest BCUT2D eigenvalue weighted by atomic mass is 9.82. The van der Waals surface area contributed by atoms with Gasteiger partial charge in [0.1, 0.15) is 5.82 Å². The Labute approximate surface area is 177 Å². The minimum atomic E-state index is -0.0387. The molecule has 0 spiro atoms. The molecule has 2 aliphatic heterocycles. The summed E-state index contributed by atoms with van der Waals surface area (Å²) in [5.74, 6) is 1.06. The SMILES string of the molecule is CC1(CNc2cccc(-c3ccnc(NC(=O)[C@@H]4CCCNC4)n3)n2)CCOCC1. The molecule has 8 nitrogen and oxygen atoms in total. The fraction of sp³-hybridized carbons (Fsp3) is 0.545. The molecule has 2 fully saturated rings. The molecule has 0 aliphatic carbocycles. The maximum absolute atomic E-state index is 12.5. The minimum Gasteiger partial charge on any atom is -0.381 e. The van der Waals surface area contributed by atoms with Gasteiger partial charge in [0.25, 0.3) is 0 Å². The standard InChI is InChI=1S/C22H30N6O2/c1-22(8-12-30-13-9-22)15-25-19-6-2-5-17(26-19)18-7-11-24-21(27-18)28-20(29)16-4-3-10-23-14-16/h2,5-7,11,16,23H,3-4,8-10,12-15H2,1H3,(H,25,26)(H,24,27,28,29)/t16-/m1/s1. The molecule has 30 heavy (non-hydrogen) atoms. The van der Waals surface area contributed by atoms with Crippen LogP contribution in [0.15, 0.2) is 30.5 Å². The molecule has 1 amide bonds. The number of carbonyl (C=O) groups excluding carboxylic acids is 1. The maximum Gasteiger partial charge on any atom is 0.231 e. The van der Waals surface area contributed by atoms with Crippen molar-refractivity contribution in [3.05, 3.63) is 30.5 Å². The van der Waals surface area contributed by atoms with Crippen LogP contribution in [0.5, 0.6) is 0 Å². The summed E-state index contributed by atoms with van der Waals surface area (Å²) in [7, 11) is 0. The molecule has 3 N–H and O–H groups in total. The summed E-state index contributed by atoms with van der Waals surface area (Å²) in [6, 6.07) is 7.65. The van der Waals surface area contributed by atoms with Crippen molar-refractivity contribution in [2.45, 2.75) is 32.6 Å². The first-order chi connectivity index (χ1) is 14.6. The number of anilines is 2. The zero-order valence-electron chi connectivity index (χ0n) is 17.5. The molecule has 2 aliphatic rings. The highest BCUT2D eigenvalue weighted by molar-refractivity contribution is 5.91. The number of nitrogens with zero attached hydrogens (tertiary/aromatic N) is 3. The van der Waals surface area contributed by atoms with Crippen molar-refractivity contribution < 1.29 is 9.53 Å². The number of hydrogen-bond donors (Lipinski definition) is 3. The highest BCUT2D eigenvalue weighted by atomic mass is 16.5. The normalized spacial score (nSPS) is 21.0. The monoisotopic (exact) mass is 410 g/mol. The zero-order valence-corrected chi connectivity index (χ0v) is 17.5. The molecule has 0 bridgehead atoms. The van der Waals surface area contributed by atoms with Gasteiger partial charge in [-0.25, -0.2) is 15.0 Å². The summed E-state index contributed by atoms with van der Waals surface area (Å²) in [6.45, 7) is 6.45. The molecule has 8 heteroatoms. The van der Waals surface area contributed by atoms with Crippen molar-refractivity contribution in [1.29, 1.82) is 0 Å². The van der Waals surface area contributed by atoms with E-state index in [0.717, 1.165) is 63.5 Å². The van der Waals surface area contributed by atoms with E-state index in [0.29, 0.717) is 18.2 Å². The van der Waals surface area contributed by atoms with E-state index in [4.69, 9.17) is 9.72 Å². The van der Waals surface area contributed by atoms with Crippen LogP contribution in [0.2, 0.25) is 0 Å². The largest absolute Gasteiger partial charge is 0.381 e. The topological polar surface area (TPSA) is 101 Å². The second-order valence-corrected chi connectivity index (χ2v) is 8.48. The van der Waals surface area contributed by atoms with Crippen molar-refractivity contribution in [2.75, 3.05) is 43.5 Å². The number of pyridine rings is 1. The molecule has 2 saturated heterocycles. The molecule has 2 aromatic rings. The van der Waals surface area contributed by atoms with E-state index in [2.05, 4.69) is 32.8 Å². The van der Waals surface area contributed by atoms with Crippen LogP contribution in [0.1, 0.15) is 32.6 Å². The summed E-state index contributed by atoms with van der Waals surface area (Å²) >= 11 is 0. The van der Waals surface area contributed by atoms with Crippen molar-refractivity contribution in [3.8, 4) is 11.4 Å². The summed E-state index contributed by atoms with van der Waals surface area (Å²) < 4.78 is 5.48. The van der Waals surface area contributed by atoms with Gasteiger partial charge in [-0.1, -0.05) is 13.0 Å². The first-order valence-corrected chi connectivity index (χ1v) is 10.8. The highest BCUT2D eigenvalue weighted by Gasteiger charge is 2.27. The molecule has 0 saturated carbocycles. The van der Waals surface area contributed by atoms with Gasteiger partial charge in [0.15, 0.2) is 0 Å². The van der Waals surface area contributed by atoms with Gasteiger partial charge in [-0.05, 0) is 55.8 Å². The fourth-order valence-corrected chi connectivity index (χ4v) is 3.87. The lowest BCUT2D eigenvalue weighted by Gasteiger charge is -2.33. The number of nitrogens with one attached hydrogen (secondary N) is 3. The molecule has 160 valence electrons. The number of aromatic nitrogens is 3. The van der Waals surface area contributed by atoms with Crippen molar-refractivity contribution in [2.24, 2.45) is 11.3 Å². The Kier molecular flexibility index (Phi) is 6.54. The molecule has 0 aromatic carbocycles. The molecule has 2 aromatic heterocycles. The van der Waals surface area contributed by atoms with E-state index < -0.39 is 0 Å². The quantitative estimate of drug-likeness (QED) is 0.673. The number of rotatable bonds is 6. The van der Waals surface area contributed by atoms with Crippen LogP contribution in [-0.4, -0.2) is 53.7 Å². The number of carbonyl (C=O) groups is 1. The lowest BCUT2D eigenvalue weighted by Crippen LogP contribution is -2.37. The maximum atomic E-state index is 12.5. The summed E-state index contributed by atoms with van der Waals surface area (Å²) in [4.78, 5) is 25.9. The molecular formula is C22H30N6O2. The van der Waals surface area contributed by atoms with Gasteiger partial charge >= 0.3 is 0 Å². The van der Waals surface area contributed by atoms with E-state index in [-0.39, 0.29) is 17.2 Å². The Balaban J connectivity index is 1.41. The Morgan fingerprint density at radius 3 is 2.87 bits per heavy atom. The third kappa shape index (κ3) is 5.31. The van der Waals surface area contributed by atoms with Gasteiger partial charge in [0, 0.05) is 32.5 Å². The van der Waals surface area contributed by atoms with E-state index in [1.807, 2.05) is 24.3 Å². The van der Waals surface area contributed by atoms with Crippen LogP contribution in [0.25, 0.3) is 11.4 Å². The van der Waals surface area contributed by atoms with Gasteiger partial charge in [-0.2, -0.15) is 0 Å². The number of piperidine rings is 1.